The molecular weight excluding hydrogens is 428 g/mol. The minimum Gasteiger partial charge on any atom is -0.455 e. The molecule has 0 amide bonds. The first-order valence-electron chi connectivity index (χ1n) is 10.9. The van der Waals surface area contributed by atoms with Crippen LogP contribution in [0.5, 0.6) is 0 Å². The van der Waals surface area contributed by atoms with Crippen molar-refractivity contribution in [2.45, 2.75) is 26.8 Å². The van der Waals surface area contributed by atoms with Crippen molar-refractivity contribution in [3.63, 3.8) is 0 Å². The van der Waals surface area contributed by atoms with Crippen LogP contribution in [0, 0.1) is 13.8 Å². The van der Waals surface area contributed by atoms with Gasteiger partial charge in [0, 0.05) is 45.1 Å². The fourth-order valence-electron chi connectivity index (χ4n) is 4.26. The van der Waals surface area contributed by atoms with Crippen LogP contribution in [-0.4, -0.2) is 4.37 Å². The van der Waals surface area contributed by atoms with Crippen molar-refractivity contribution in [3.8, 4) is 22.5 Å². The highest BCUT2D eigenvalue weighted by Gasteiger charge is 2.19. The van der Waals surface area contributed by atoms with Crippen LogP contribution >= 0.6 is 11.5 Å². The largest absolute Gasteiger partial charge is 0.455 e. The molecule has 2 heterocycles. The second-order valence-electron chi connectivity index (χ2n) is 8.31. The van der Waals surface area contributed by atoms with Crippen LogP contribution in [0.4, 0.5) is 5.69 Å². The van der Waals surface area contributed by atoms with Crippen LogP contribution in [-0.2, 0) is 0 Å². The molecule has 0 aliphatic carbocycles. The molecule has 5 rings (SSSR count). The van der Waals surface area contributed by atoms with Crippen molar-refractivity contribution in [1.29, 1.82) is 0 Å². The Labute approximate surface area is 196 Å². The molecule has 2 aromatic heterocycles. The Bertz CT molecular complexity index is 1490. The van der Waals surface area contributed by atoms with Gasteiger partial charge in [0.2, 0.25) is 0 Å². The molecule has 5 heteroatoms. The van der Waals surface area contributed by atoms with E-state index < -0.39 is 0 Å². The second-order valence-corrected chi connectivity index (χ2v) is 8.96. The van der Waals surface area contributed by atoms with Crippen LogP contribution in [0.1, 0.15) is 29.7 Å². The third-order valence-electron chi connectivity index (χ3n) is 5.94. The fraction of sp³-hybridized carbons (Fsp3) is 0.143. The normalized spacial score (nSPS) is 12.1. The third kappa shape index (κ3) is 3.96. The quantitative estimate of drug-likeness (QED) is 0.302. The maximum atomic E-state index is 13.3. The van der Waals surface area contributed by atoms with Gasteiger partial charge in [0.05, 0.1) is 11.4 Å². The molecule has 5 aromatic rings. The summed E-state index contributed by atoms with van der Waals surface area (Å²) in [6, 6.07) is 21.9. The van der Waals surface area contributed by atoms with E-state index in [0.717, 1.165) is 33.5 Å². The standard InChI is InChI=1S/C28H24N2O2S/c1-17-13-23(19(3)30-25-12-8-7-11-22(25)21-15-29-33-16-21)28-24(14-17)26(31)18(2)27(32-28)20-9-5-4-6-10-20/h4-16,19,30H,1-3H3. The molecule has 3 aromatic carbocycles. The predicted octanol–water partition coefficient (Wildman–Crippen LogP) is 7.37. The first-order chi connectivity index (χ1) is 16.0. The van der Waals surface area contributed by atoms with Gasteiger partial charge in [-0.3, -0.25) is 4.79 Å². The molecule has 0 saturated heterocycles. The summed E-state index contributed by atoms with van der Waals surface area (Å²) >= 11 is 1.44. The zero-order valence-electron chi connectivity index (χ0n) is 18.8. The average molecular weight is 453 g/mol. The first kappa shape index (κ1) is 21.2. The van der Waals surface area contributed by atoms with Gasteiger partial charge in [-0.15, -0.1) is 0 Å². The number of para-hydroxylation sites is 1. The van der Waals surface area contributed by atoms with Gasteiger partial charge in [0.1, 0.15) is 11.3 Å². The number of nitrogens with zero attached hydrogens (tertiary/aromatic N) is 1. The van der Waals surface area contributed by atoms with E-state index in [2.05, 4.69) is 34.8 Å². The number of fused-ring (bicyclic) bond motifs is 1. The molecule has 164 valence electrons. The van der Waals surface area contributed by atoms with Crippen molar-refractivity contribution in [3.05, 3.63) is 105 Å². The van der Waals surface area contributed by atoms with E-state index in [1.165, 1.54) is 11.5 Å². The summed E-state index contributed by atoms with van der Waals surface area (Å²) in [5.74, 6) is 0.621. The Morgan fingerprint density at radius 3 is 2.48 bits per heavy atom. The molecule has 0 radical (unpaired) electrons. The molecule has 0 spiro atoms. The van der Waals surface area contributed by atoms with Crippen molar-refractivity contribution in [2.24, 2.45) is 0 Å². The second kappa shape index (κ2) is 8.68. The third-order valence-corrected chi connectivity index (χ3v) is 6.52. The van der Waals surface area contributed by atoms with E-state index >= 15 is 0 Å². The van der Waals surface area contributed by atoms with Crippen LogP contribution < -0.4 is 10.7 Å². The van der Waals surface area contributed by atoms with Gasteiger partial charge in [-0.25, -0.2) is 4.37 Å². The minimum atomic E-state index is -0.0883. The van der Waals surface area contributed by atoms with Gasteiger partial charge in [0.25, 0.3) is 0 Å². The van der Waals surface area contributed by atoms with E-state index in [0.29, 0.717) is 22.3 Å². The van der Waals surface area contributed by atoms with Gasteiger partial charge in [0.15, 0.2) is 5.43 Å². The molecule has 1 N–H and O–H groups in total. The zero-order chi connectivity index (χ0) is 22.9. The summed E-state index contributed by atoms with van der Waals surface area (Å²) in [6.07, 6.45) is 1.88. The molecule has 1 unspecified atom stereocenters. The van der Waals surface area contributed by atoms with Gasteiger partial charge >= 0.3 is 0 Å². The summed E-state index contributed by atoms with van der Waals surface area (Å²) in [6.45, 7) is 5.95. The molecule has 0 aliphatic heterocycles. The molecule has 0 bridgehead atoms. The molecular formula is C28H24N2O2S. The van der Waals surface area contributed by atoms with Crippen LogP contribution in [0.3, 0.4) is 0 Å². The van der Waals surface area contributed by atoms with Crippen molar-refractivity contribution in [1.82, 2.24) is 4.37 Å². The van der Waals surface area contributed by atoms with Crippen LogP contribution in [0.2, 0.25) is 0 Å². The highest BCUT2D eigenvalue weighted by atomic mass is 32.1. The number of rotatable bonds is 5. The molecule has 1 atom stereocenters. The Balaban J connectivity index is 1.64. The van der Waals surface area contributed by atoms with E-state index in [9.17, 15) is 4.79 Å². The van der Waals surface area contributed by atoms with Crippen LogP contribution in [0.15, 0.2) is 87.5 Å². The lowest BCUT2D eigenvalue weighted by Gasteiger charge is -2.20. The minimum absolute atomic E-state index is 0.0111. The number of nitrogens with one attached hydrogen (secondary N) is 1. The van der Waals surface area contributed by atoms with Crippen molar-refractivity contribution < 1.29 is 4.42 Å². The lowest BCUT2D eigenvalue weighted by Crippen LogP contribution is -2.12. The molecule has 4 nitrogen and oxygen atoms in total. The highest BCUT2D eigenvalue weighted by molar-refractivity contribution is 7.03. The summed E-state index contributed by atoms with van der Waals surface area (Å²) < 4.78 is 10.7. The molecule has 33 heavy (non-hydrogen) atoms. The molecule has 0 aliphatic rings. The number of benzene rings is 3. The number of hydrogen-bond donors (Lipinski definition) is 1. The fourth-order valence-corrected chi connectivity index (χ4v) is 4.80. The average Bonchev–Trinajstić information content (AvgIpc) is 3.37. The van der Waals surface area contributed by atoms with E-state index in [1.54, 1.807) is 0 Å². The zero-order valence-corrected chi connectivity index (χ0v) is 19.6. The molecule has 0 fully saturated rings. The van der Waals surface area contributed by atoms with Gasteiger partial charge in [-0.2, -0.15) is 0 Å². The van der Waals surface area contributed by atoms with E-state index in [-0.39, 0.29) is 11.5 Å². The smallest absolute Gasteiger partial charge is 0.196 e. The van der Waals surface area contributed by atoms with Gasteiger partial charge in [-0.05, 0) is 50.0 Å². The first-order valence-corrected chi connectivity index (χ1v) is 11.8. The number of anilines is 1. The van der Waals surface area contributed by atoms with E-state index in [1.807, 2.05) is 74.0 Å². The Morgan fingerprint density at radius 1 is 0.970 bits per heavy atom. The topological polar surface area (TPSA) is 55.1 Å². The van der Waals surface area contributed by atoms with Crippen LogP contribution in [0.25, 0.3) is 33.4 Å². The Kier molecular flexibility index (Phi) is 5.56. The maximum Gasteiger partial charge on any atom is 0.196 e. The lowest BCUT2D eigenvalue weighted by atomic mass is 9.98. The Morgan fingerprint density at radius 2 is 1.73 bits per heavy atom. The van der Waals surface area contributed by atoms with Crippen molar-refractivity contribution >= 4 is 28.2 Å². The number of hydrogen-bond acceptors (Lipinski definition) is 5. The lowest BCUT2D eigenvalue weighted by molar-refractivity contribution is 0.605. The summed E-state index contributed by atoms with van der Waals surface area (Å²) in [7, 11) is 0. The SMILES string of the molecule is Cc1cc(C(C)Nc2ccccc2-c2cnsc2)c2oc(-c3ccccc3)c(C)c(=O)c2c1. The monoisotopic (exact) mass is 452 g/mol. The summed E-state index contributed by atoms with van der Waals surface area (Å²) in [4.78, 5) is 13.3. The van der Waals surface area contributed by atoms with Gasteiger partial charge < -0.3 is 9.73 Å². The highest BCUT2D eigenvalue weighted by Crippen LogP contribution is 2.35. The summed E-state index contributed by atoms with van der Waals surface area (Å²) in [5.41, 5.74) is 7.34. The predicted molar refractivity (Wildman–Crippen MR) is 137 cm³/mol. The number of aryl methyl sites for hydroxylation is 1. The molecule has 0 saturated carbocycles. The van der Waals surface area contributed by atoms with E-state index in [4.69, 9.17) is 4.42 Å². The Hall–Kier alpha value is -3.70. The number of aromatic nitrogens is 1. The summed E-state index contributed by atoms with van der Waals surface area (Å²) in [5, 5.41) is 6.30. The van der Waals surface area contributed by atoms with Gasteiger partial charge in [-0.1, -0.05) is 54.6 Å². The van der Waals surface area contributed by atoms with Crippen molar-refractivity contribution in [2.75, 3.05) is 5.32 Å². The maximum absolute atomic E-state index is 13.3.